The molecule has 0 spiro atoms. The normalized spacial score (nSPS) is 15.2. The van der Waals surface area contributed by atoms with Gasteiger partial charge >= 0.3 is 6.09 Å². The van der Waals surface area contributed by atoms with Crippen LogP contribution in [0.4, 0.5) is 10.5 Å². The van der Waals surface area contributed by atoms with Crippen molar-refractivity contribution in [2.24, 2.45) is 5.92 Å². The van der Waals surface area contributed by atoms with Gasteiger partial charge in [0.05, 0.1) is 7.11 Å². The lowest BCUT2D eigenvalue weighted by Gasteiger charge is -2.36. The van der Waals surface area contributed by atoms with Gasteiger partial charge in [-0.15, -0.1) is 6.42 Å². The number of hydrogen-bond acceptors (Lipinski definition) is 5. The number of rotatable bonds is 10. The van der Waals surface area contributed by atoms with Crippen LogP contribution in [-0.2, 0) is 14.3 Å². The van der Waals surface area contributed by atoms with Gasteiger partial charge in [0, 0.05) is 17.3 Å². The maximum Gasteiger partial charge on any atom is 0.408 e. The predicted molar refractivity (Wildman–Crippen MR) is 151 cm³/mol. The number of carbonyl (C=O) groups is 3. The summed E-state index contributed by atoms with van der Waals surface area (Å²) < 4.78 is 10.7. The molecule has 0 aromatic heterocycles. The van der Waals surface area contributed by atoms with Gasteiger partial charge < -0.3 is 25.0 Å². The molecule has 0 heterocycles. The fourth-order valence-corrected chi connectivity index (χ4v) is 4.32. The Morgan fingerprint density at radius 3 is 2.28 bits per heavy atom. The Balaban J connectivity index is 2.03. The van der Waals surface area contributed by atoms with E-state index in [1.165, 1.54) is 0 Å². The van der Waals surface area contributed by atoms with Crippen molar-refractivity contribution in [2.45, 2.75) is 77.6 Å². The van der Waals surface area contributed by atoms with E-state index in [2.05, 4.69) is 16.6 Å². The third-order valence-electron chi connectivity index (χ3n) is 6.64. The summed E-state index contributed by atoms with van der Waals surface area (Å²) >= 11 is 0. The molecule has 1 fully saturated rings. The van der Waals surface area contributed by atoms with E-state index in [0.717, 1.165) is 12.8 Å². The Morgan fingerprint density at radius 1 is 1.10 bits per heavy atom. The molecule has 208 valence electrons. The van der Waals surface area contributed by atoms with Crippen LogP contribution in [0, 0.1) is 18.3 Å². The number of ether oxygens (including phenoxy) is 2. The van der Waals surface area contributed by atoms with Gasteiger partial charge in [0.1, 0.15) is 23.4 Å². The van der Waals surface area contributed by atoms with Crippen molar-refractivity contribution in [3.63, 3.8) is 0 Å². The van der Waals surface area contributed by atoms with E-state index in [1.807, 2.05) is 13.8 Å². The molecule has 1 aliphatic carbocycles. The van der Waals surface area contributed by atoms with Crippen molar-refractivity contribution in [1.82, 2.24) is 10.2 Å². The van der Waals surface area contributed by atoms with Crippen molar-refractivity contribution in [3.05, 3.63) is 59.7 Å². The van der Waals surface area contributed by atoms with Gasteiger partial charge in [0.2, 0.25) is 5.91 Å². The molecule has 3 amide bonds. The fourth-order valence-electron chi connectivity index (χ4n) is 4.32. The predicted octanol–water partition coefficient (Wildman–Crippen LogP) is 5.29. The van der Waals surface area contributed by atoms with Crippen LogP contribution in [0.2, 0.25) is 0 Å². The second-order valence-corrected chi connectivity index (χ2v) is 10.8. The van der Waals surface area contributed by atoms with Crippen molar-refractivity contribution < 1.29 is 23.9 Å². The fraction of sp³-hybridized carbons (Fsp3) is 0.452. The first-order valence-electron chi connectivity index (χ1n) is 13.3. The number of nitrogens with zero attached hydrogens (tertiary/aromatic N) is 1. The average Bonchev–Trinajstić information content (AvgIpc) is 3.74. The number of methoxy groups -OCH3 is 1. The Kier molecular flexibility index (Phi) is 9.63. The van der Waals surface area contributed by atoms with Crippen LogP contribution in [0.15, 0.2) is 48.5 Å². The maximum absolute atomic E-state index is 14.3. The van der Waals surface area contributed by atoms with E-state index >= 15 is 0 Å². The molecule has 39 heavy (non-hydrogen) atoms. The lowest BCUT2D eigenvalue weighted by molar-refractivity contribution is -0.142. The molecule has 0 aliphatic heterocycles. The molecule has 8 heteroatoms. The van der Waals surface area contributed by atoms with E-state index in [0.29, 0.717) is 29.0 Å². The zero-order chi connectivity index (χ0) is 28.7. The van der Waals surface area contributed by atoms with Gasteiger partial charge in [-0.3, -0.25) is 9.59 Å². The van der Waals surface area contributed by atoms with Gasteiger partial charge in [-0.05, 0) is 75.4 Å². The van der Waals surface area contributed by atoms with Gasteiger partial charge in [-0.2, -0.15) is 0 Å². The average molecular weight is 534 g/mol. The highest BCUT2D eigenvalue weighted by molar-refractivity contribution is 5.99. The van der Waals surface area contributed by atoms with Gasteiger partial charge in [-0.1, -0.05) is 44.4 Å². The second kappa shape index (κ2) is 12.7. The van der Waals surface area contributed by atoms with Crippen LogP contribution >= 0.6 is 0 Å². The number of benzene rings is 2. The molecule has 1 aliphatic rings. The number of hydrogen-bond donors (Lipinski definition) is 2. The molecule has 0 bridgehead atoms. The van der Waals surface area contributed by atoms with Crippen molar-refractivity contribution in [2.75, 3.05) is 12.4 Å². The highest BCUT2D eigenvalue weighted by atomic mass is 16.6. The van der Waals surface area contributed by atoms with Gasteiger partial charge in [-0.25, -0.2) is 4.79 Å². The summed E-state index contributed by atoms with van der Waals surface area (Å²) in [6.45, 7) is 9.13. The van der Waals surface area contributed by atoms with E-state index in [9.17, 15) is 14.4 Å². The minimum Gasteiger partial charge on any atom is -0.497 e. The number of nitrogens with one attached hydrogen (secondary N) is 2. The molecule has 8 nitrogen and oxygen atoms in total. The SMILES string of the molecule is C#Cc1ccccc1C(C(=O)Nc1ccc(OC)cc1)N(C(=O)C(NC(=O)OC(C)(C)C)C(C)CC)C1CC1. The van der Waals surface area contributed by atoms with Crippen molar-refractivity contribution in [3.8, 4) is 18.1 Å². The van der Waals surface area contributed by atoms with E-state index in [-0.39, 0.29) is 17.9 Å². The summed E-state index contributed by atoms with van der Waals surface area (Å²) in [6.07, 6.45) is 7.27. The van der Waals surface area contributed by atoms with Crippen LogP contribution < -0.4 is 15.4 Å². The molecular formula is C31H39N3O5. The summed E-state index contributed by atoms with van der Waals surface area (Å²) in [5, 5.41) is 5.73. The molecule has 2 N–H and O–H groups in total. The molecule has 3 unspecified atom stereocenters. The number of anilines is 1. The second-order valence-electron chi connectivity index (χ2n) is 10.8. The standard InChI is InChI=1S/C31H39N3O5/c1-8-20(3)26(33-30(37)39-31(4,5)6)29(36)34(23-16-17-23)27(25-13-11-10-12-21(25)9-2)28(35)32-22-14-18-24(38-7)19-15-22/h2,10-15,18-20,23,26-27H,8,16-17H2,1,3-7H3,(H,32,35)(H,33,37). The molecule has 1 saturated carbocycles. The minimum atomic E-state index is -1.01. The van der Waals surface area contributed by atoms with Crippen LogP contribution in [0.25, 0.3) is 0 Å². The highest BCUT2D eigenvalue weighted by Crippen LogP contribution is 2.38. The number of alkyl carbamates (subject to hydrolysis) is 1. The Hall–Kier alpha value is -3.99. The smallest absolute Gasteiger partial charge is 0.408 e. The summed E-state index contributed by atoms with van der Waals surface area (Å²) in [5.74, 6) is 2.36. The third-order valence-corrected chi connectivity index (χ3v) is 6.64. The first-order valence-corrected chi connectivity index (χ1v) is 13.3. The number of amides is 3. The van der Waals surface area contributed by atoms with Crippen molar-refractivity contribution >= 4 is 23.6 Å². The summed E-state index contributed by atoms with van der Waals surface area (Å²) in [6, 6.07) is 12.0. The first kappa shape index (κ1) is 29.6. The van der Waals surface area contributed by atoms with Crippen LogP contribution in [0.1, 0.15) is 71.0 Å². The van der Waals surface area contributed by atoms with E-state index < -0.39 is 29.7 Å². The number of carbonyl (C=O) groups excluding carboxylic acids is 3. The number of terminal acetylenes is 1. The first-order chi connectivity index (χ1) is 18.5. The van der Waals surface area contributed by atoms with Crippen LogP contribution in [-0.4, -0.2) is 47.6 Å². The van der Waals surface area contributed by atoms with Crippen LogP contribution in [0.5, 0.6) is 5.75 Å². The topological polar surface area (TPSA) is 97.0 Å². The molecule has 2 aromatic rings. The van der Waals surface area contributed by atoms with E-state index in [4.69, 9.17) is 15.9 Å². The Bertz CT molecular complexity index is 1210. The lowest BCUT2D eigenvalue weighted by atomic mass is 9.94. The van der Waals surface area contributed by atoms with Gasteiger partial charge in [0.25, 0.3) is 5.91 Å². The summed E-state index contributed by atoms with van der Waals surface area (Å²) in [7, 11) is 1.57. The maximum atomic E-state index is 14.3. The zero-order valence-corrected chi connectivity index (χ0v) is 23.6. The largest absolute Gasteiger partial charge is 0.497 e. The van der Waals surface area contributed by atoms with Crippen LogP contribution in [0.3, 0.4) is 0 Å². The van der Waals surface area contributed by atoms with Gasteiger partial charge in [0.15, 0.2) is 0 Å². The quantitative estimate of drug-likeness (QED) is 0.405. The molecule has 3 rings (SSSR count). The molecular weight excluding hydrogens is 494 g/mol. The summed E-state index contributed by atoms with van der Waals surface area (Å²) in [4.78, 5) is 42.6. The molecule has 0 saturated heterocycles. The Labute approximate surface area is 231 Å². The lowest BCUT2D eigenvalue weighted by Crippen LogP contribution is -2.55. The highest BCUT2D eigenvalue weighted by Gasteiger charge is 2.45. The monoisotopic (exact) mass is 533 g/mol. The minimum absolute atomic E-state index is 0.165. The molecule has 2 aromatic carbocycles. The molecule has 3 atom stereocenters. The Morgan fingerprint density at radius 2 is 1.74 bits per heavy atom. The third kappa shape index (κ3) is 7.76. The zero-order valence-electron chi connectivity index (χ0n) is 23.6. The van der Waals surface area contributed by atoms with Crippen molar-refractivity contribution in [1.29, 1.82) is 0 Å². The van der Waals surface area contributed by atoms with E-state index in [1.54, 1.807) is 81.3 Å². The summed E-state index contributed by atoms with van der Waals surface area (Å²) in [5.41, 5.74) is 0.894. The molecule has 0 radical (unpaired) electrons.